The fraction of sp³-hybridized carbons (Fsp3) is 0.250. The number of hydrogen-bond donors (Lipinski definition) is 2. The fourth-order valence-corrected chi connectivity index (χ4v) is 1.83. The van der Waals surface area contributed by atoms with Crippen LogP contribution in [0.25, 0.3) is 0 Å². The van der Waals surface area contributed by atoms with Crippen LogP contribution < -0.4 is 5.43 Å². The second kappa shape index (κ2) is 4.48. The van der Waals surface area contributed by atoms with Crippen LogP contribution in [0.15, 0.2) is 36.0 Å². The predicted molar refractivity (Wildman–Crippen MR) is 60.5 cm³/mol. The van der Waals surface area contributed by atoms with Crippen molar-refractivity contribution >= 4 is 5.91 Å². The number of carbonyl (C=O) groups excluding carboxylic acids is 1. The van der Waals surface area contributed by atoms with Crippen molar-refractivity contribution in [2.24, 2.45) is 0 Å². The Labute approximate surface area is 111 Å². The topological polar surface area (TPSA) is 52.6 Å². The van der Waals surface area contributed by atoms with Crippen molar-refractivity contribution < 1.29 is 27.5 Å². The number of nitrogens with zero attached hydrogens (tertiary/aromatic N) is 1. The highest BCUT2D eigenvalue weighted by molar-refractivity contribution is 5.94. The molecule has 0 saturated carbocycles. The molecule has 1 unspecified atom stereocenters. The summed E-state index contributed by atoms with van der Waals surface area (Å²) in [5.74, 6) is -1.97. The Kier molecular flexibility index (Phi) is 3.21. The lowest BCUT2D eigenvalue weighted by Gasteiger charge is -2.33. The van der Waals surface area contributed by atoms with Gasteiger partial charge in [-0.2, -0.15) is 13.2 Å². The van der Waals surface area contributed by atoms with Crippen LogP contribution in [-0.2, 0) is 0 Å². The van der Waals surface area contributed by atoms with Gasteiger partial charge in [0.2, 0.25) is 0 Å². The molecule has 8 heteroatoms. The van der Waals surface area contributed by atoms with Gasteiger partial charge < -0.3 is 5.11 Å². The summed E-state index contributed by atoms with van der Waals surface area (Å²) in [4.78, 5) is 12.0. The van der Waals surface area contributed by atoms with Crippen LogP contribution in [0.4, 0.5) is 17.6 Å². The number of rotatable bonds is 1. The van der Waals surface area contributed by atoms with E-state index in [1.54, 1.807) is 0 Å². The van der Waals surface area contributed by atoms with Crippen molar-refractivity contribution in [2.75, 3.05) is 0 Å². The number of alkyl halides is 3. The highest BCUT2D eigenvalue weighted by atomic mass is 19.4. The first kappa shape index (κ1) is 14.3. The maximum atomic E-state index is 13.0. The molecule has 2 N–H and O–H groups in total. The molecule has 108 valence electrons. The Bertz CT molecular complexity index is 585. The Morgan fingerprint density at radius 2 is 2.05 bits per heavy atom. The number of hydrazine groups is 1. The highest BCUT2D eigenvalue weighted by Gasteiger charge is 2.61. The van der Waals surface area contributed by atoms with E-state index in [1.165, 1.54) is 13.0 Å². The third-order valence-corrected chi connectivity index (χ3v) is 2.74. The molecule has 0 aromatic heterocycles. The van der Waals surface area contributed by atoms with Gasteiger partial charge in [-0.15, -0.1) is 0 Å². The standard InChI is InChI=1S/C12H10F4N2O2/c1-7-6-11(20,12(14,15)16)18(17-7)10(19)8-3-2-4-9(13)5-8/h2-6,17,20H,1H3. The van der Waals surface area contributed by atoms with Gasteiger partial charge in [0.05, 0.1) is 0 Å². The van der Waals surface area contributed by atoms with Gasteiger partial charge in [0.1, 0.15) is 5.82 Å². The third-order valence-electron chi connectivity index (χ3n) is 2.74. The second-order valence-corrected chi connectivity index (χ2v) is 4.31. The maximum Gasteiger partial charge on any atom is 0.442 e. The minimum atomic E-state index is -5.10. The maximum absolute atomic E-state index is 13.0. The fourth-order valence-electron chi connectivity index (χ4n) is 1.83. The van der Waals surface area contributed by atoms with Gasteiger partial charge in [-0.25, -0.2) is 9.40 Å². The molecule has 1 aromatic carbocycles. The first-order chi connectivity index (χ1) is 9.15. The van der Waals surface area contributed by atoms with Gasteiger partial charge in [-0.05, 0) is 31.2 Å². The van der Waals surface area contributed by atoms with E-state index in [9.17, 15) is 27.5 Å². The number of allylic oxidation sites excluding steroid dienone is 1. The smallest absolute Gasteiger partial charge is 0.359 e. The molecule has 1 amide bonds. The number of aliphatic hydroxyl groups is 1. The van der Waals surface area contributed by atoms with E-state index in [0.717, 1.165) is 18.2 Å². The summed E-state index contributed by atoms with van der Waals surface area (Å²) in [6.07, 6.45) is -4.62. The summed E-state index contributed by atoms with van der Waals surface area (Å²) in [7, 11) is 0. The van der Waals surface area contributed by atoms with Crippen LogP contribution in [0.5, 0.6) is 0 Å². The molecule has 0 radical (unpaired) electrons. The zero-order valence-corrected chi connectivity index (χ0v) is 10.2. The van der Waals surface area contributed by atoms with E-state index < -0.39 is 23.6 Å². The lowest BCUT2D eigenvalue weighted by molar-refractivity contribution is -0.283. The zero-order valence-electron chi connectivity index (χ0n) is 10.2. The van der Waals surface area contributed by atoms with Crippen molar-refractivity contribution in [3.63, 3.8) is 0 Å². The van der Waals surface area contributed by atoms with E-state index in [2.05, 4.69) is 5.43 Å². The number of hydrogen-bond acceptors (Lipinski definition) is 3. The van der Waals surface area contributed by atoms with Crippen LogP contribution in [-0.4, -0.2) is 27.9 Å². The van der Waals surface area contributed by atoms with E-state index in [1.807, 2.05) is 0 Å². The molecule has 4 nitrogen and oxygen atoms in total. The van der Waals surface area contributed by atoms with Crippen molar-refractivity contribution in [3.05, 3.63) is 47.4 Å². The lowest BCUT2D eigenvalue weighted by Crippen LogP contribution is -2.60. The van der Waals surface area contributed by atoms with Crippen molar-refractivity contribution in [2.45, 2.75) is 18.8 Å². The predicted octanol–water partition coefficient (Wildman–Crippen LogP) is 1.94. The van der Waals surface area contributed by atoms with E-state index >= 15 is 0 Å². The van der Waals surface area contributed by atoms with E-state index in [-0.39, 0.29) is 16.3 Å². The Balaban J connectivity index is 2.40. The molecule has 0 bridgehead atoms. The number of nitrogens with one attached hydrogen (secondary N) is 1. The molecule has 2 rings (SSSR count). The average molecular weight is 290 g/mol. The van der Waals surface area contributed by atoms with Crippen molar-refractivity contribution in [1.29, 1.82) is 0 Å². The minimum absolute atomic E-state index is 0.0249. The number of amides is 1. The van der Waals surface area contributed by atoms with Crippen molar-refractivity contribution in [1.82, 2.24) is 10.4 Å². The number of carbonyl (C=O) groups is 1. The summed E-state index contributed by atoms with van der Waals surface area (Å²) in [5, 5.41) is 9.73. The lowest BCUT2D eigenvalue weighted by atomic mass is 10.1. The van der Waals surface area contributed by atoms with Crippen LogP contribution >= 0.6 is 0 Å². The molecule has 1 aromatic rings. The largest absolute Gasteiger partial charge is 0.442 e. The molecule has 1 heterocycles. The number of halogens is 4. The molecular weight excluding hydrogens is 280 g/mol. The molecule has 1 aliphatic rings. The van der Waals surface area contributed by atoms with Gasteiger partial charge >= 0.3 is 6.18 Å². The summed E-state index contributed by atoms with van der Waals surface area (Å²) in [6, 6.07) is 4.17. The molecule has 0 saturated heterocycles. The summed E-state index contributed by atoms with van der Waals surface area (Å²) in [5.41, 5.74) is -1.71. The molecule has 0 aliphatic carbocycles. The average Bonchev–Trinajstić information content (AvgIpc) is 2.64. The Morgan fingerprint density at radius 1 is 1.40 bits per heavy atom. The van der Waals surface area contributed by atoms with Crippen LogP contribution in [0, 0.1) is 5.82 Å². The first-order valence-corrected chi connectivity index (χ1v) is 5.50. The van der Waals surface area contributed by atoms with Crippen LogP contribution in [0.2, 0.25) is 0 Å². The van der Waals surface area contributed by atoms with Gasteiger partial charge in [0.15, 0.2) is 0 Å². The van der Waals surface area contributed by atoms with Crippen LogP contribution in [0.3, 0.4) is 0 Å². The normalized spacial score (nSPS) is 22.5. The van der Waals surface area contributed by atoms with Gasteiger partial charge in [0.25, 0.3) is 11.6 Å². The molecule has 20 heavy (non-hydrogen) atoms. The third kappa shape index (κ3) is 2.22. The summed E-state index contributed by atoms with van der Waals surface area (Å²) in [6.45, 7) is 1.26. The quantitative estimate of drug-likeness (QED) is 0.777. The van der Waals surface area contributed by atoms with E-state index in [0.29, 0.717) is 6.08 Å². The minimum Gasteiger partial charge on any atom is -0.359 e. The van der Waals surface area contributed by atoms with Gasteiger partial charge in [-0.1, -0.05) is 6.07 Å². The summed E-state index contributed by atoms with van der Waals surface area (Å²) >= 11 is 0. The first-order valence-electron chi connectivity index (χ1n) is 5.50. The number of benzene rings is 1. The molecular formula is C12H10F4N2O2. The Morgan fingerprint density at radius 3 is 2.60 bits per heavy atom. The highest BCUT2D eigenvalue weighted by Crippen LogP contribution is 2.38. The second-order valence-electron chi connectivity index (χ2n) is 4.31. The van der Waals surface area contributed by atoms with Gasteiger partial charge in [0, 0.05) is 11.3 Å². The molecule has 1 atom stereocenters. The SMILES string of the molecule is CC1=CC(O)(C(F)(F)F)N(C(=O)c2cccc(F)c2)N1. The van der Waals surface area contributed by atoms with E-state index in [4.69, 9.17) is 0 Å². The zero-order chi connectivity index (χ0) is 15.1. The molecule has 1 aliphatic heterocycles. The monoisotopic (exact) mass is 290 g/mol. The Hall–Kier alpha value is -2.09. The summed E-state index contributed by atoms with van der Waals surface area (Å²) < 4.78 is 51.8. The molecule has 0 fully saturated rings. The van der Waals surface area contributed by atoms with Crippen LogP contribution in [0.1, 0.15) is 17.3 Å². The molecule has 0 spiro atoms. The van der Waals surface area contributed by atoms with Gasteiger partial charge in [-0.3, -0.25) is 10.2 Å². The van der Waals surface area contributed by atoms with Crippen molar-refractivity contribution in [3.8, 4) is 0 Å².